The number of hydroxylamine groups is 1. The molecule has 3 N–H and O–H groups in total. The van der Waals surface area contributed by atoms with Crippen molar-refractivity contribution >= 4 is 35.0 Å². The van der Waals surface area contributed by atoms with Crippen LogP contribution in [0.4, 0.5) is 4.39 Å². The molecule has 0 bridgehead atoms. The van der Waals surface area contributed by atoms with Crippen LogP contribution in [-0.2, 0) is 11.2 Å². The topological polar surface area (TPSA) is 121 Å². The number of ketones is 1. The van der Waals surface area contributed by atoms with Crippen LogP contribution in [0, 0.1) is 5.82 Å². The van der Waals surface area contributed by atoms with Crippen LogP contribution >= 0.6 is 23.4 Å². The van der Waals surface area contributed by atoms with E-state index in [9.17, 15) is 14.4 Å². The Kier molecular flexibility index (Phi) is 6.42. The van der Waals surface area contributed by atoms with E-state index < -0.39 is 5.82 Å². The van der Waals surface area contributed by atoms with Crippen molar-refractivity contribution in [2.24, 2.45) is 4.99 Å². The highest BCUT2D eigenvalue weighted by Gasteiger charge is 2.29. The van der Waals surface area contributed by atoms with Gasteiger partial charge in [-0.25, -0.2) is 9.02 Å². The van der Waals surface area contributed by atoms with Crippen LogP contribution in [0.5, 0.6) is 0 Å². The lowest BCUT2D eigenvalue weighted by Gasteiger charge is -2.27. The van der Waals surface area contributed by atoms with Gasteiger partial charge in [-0.15, -0.1) is 0 Å². The number of Topliss-reactive ketones (excluding diaryl/α,β-unsaturated/α-hetero) is 1. The van der Waals surface area contributed by atoms with Gasteiger partial charge in [-0.05, 0) is 46.4 Å². The van der Waals surface area contributed by atoms with E-state index in [0.717, 1.165) is 22.9 Å². The Labute approximate surface area is 162 Å². The van der Waals surface area contributed by atoms with Crippen molar-refractivity contribution in [3.8, 4) is 0 Å². The normalized spacial score (nSPS) is 16.0. The van der Waals surface area contributed by atoms with E-state index in [1.54, 1.807) is 0 Å². The first-order valence-corrected chi connectivity index (χ1v) is 9.43. The predicted molar refractivity (Wildman–Crippen MR) is 95.7 cm³/mol. The van der Waals surface area contributed by atoms with Crippen molar-refractivity contribution in [3.05, 3.63) is 39.8 Å². The Morgan fingerprint density at radius 1 is 1.48 bits per heavy atom. The van der Waals surface area contributed by atoms with Crippen molar-refractivity contribution in [2.45, 2.75) is 30.3 Å². The number of halogens is 2. The second kappa shape index (κ2) is 8.79. The average Bonchev–Trinajstić information content (AvgIpc) is 3.12. The summed E-state index contributed by atoms with van der Waals surface area (Å²) in [6, 6.07) is 2.55. The lowest BCUT2D eigenvalue weighted by atomic mass is 9.83. The molecule has 0 radical (unpaired) electrons. The van der Waals surface area contributed by atoms with E-state index in [4.69, 9.17) is 21.3 Å². The van der Waals surface area contributed by atoms with Crippen LogP contribution in [0.25, 0.3) is 0 Å². The number of nitrogens with zero attached hydrogens (tertiary/aromatic N) is 3. The van der Waals surface area contributed by atoms with Gasteiger partial charge in [-0.3, -0.25) is 20.5 Å². The van der Waals surface area contributed by atoms with Crippen LogP contribution < -0.4 is 5.48 Å². The van der Waals surface area contributed by atoms with E-state index in [1.165, 1.54) is 12.1 Å². The molecule has 0 spiro atoms. The van der Waals surface area contributed by atoms with Gasteiger partial charge in [0.25, 0.3) is 0 Å². The quantitative estimate of drug-likeness (QED) is 0.260. The number of aliphatic hydroxyl groups excluding tert-OH is 1. The number of hydrogen-bond donors (Lipinski definition) is 3. The molecular formula is C16H16ClFN4O4S. The largest absolute Gasteiger partial charge is 0.396 e. The van der Waals surface area contributed by atoms with Crippen LogP contribution in [0.3, 0.4) is 0 Å². The van der Waals surface area contributed by atoms with Crippen molar-refractivity contribution < 1.29 is 24.1 Å². The SMILES string of the molecule is O=C(CCCO)CSc1nonc1C(=NC1Cc2cc(F)c(Cl)cc21)NO. The molecule has 0 saturated heterocycles. The van der Waals surface area contributed by atoms with Crippen molar-refractivity contribution in [3.63, 3.8) is 0 Å². The Morgan fingerprint density at radius 2 is 2.30 bits per heavy atom. The lowest BCUT2D eigenvalue weighted by Crippen LogP contribution is -2.26. The molecule has 2 aromatic rings. The number of aromatic nitrogens is 2. The van der Waals surface area contributed by atoms with Crippen LogP contribution in [0.1, 0.15) is 35.7 Å². The fraction of sp³-hybridized carbons (Fsp3) is 0.375. The molecule has 0 saturated carbocycles. The molecular weight excluding hydrogens is 399 g/mol. The third-order valence-electron chi connectivity index (χ3n) is 4.01. The van der Waals surface area contributed by atoms with Gasteiger partial charge in [0.2, 0.25) is 0 Å². The van der Waals surface area contributed by atoms with Gasteiger partial charge in [-0.2, -0.15) is 0 Å². The molecule has 11 heteroatoms. The van der Waals surface area contributed by atoms with Crippen molar-refractivity contribution in [2.75, 3.05) is 12.4 Å². The summed E-state index contributed by atoms with van der Waals surface area (Å²) >= 11 is 6.91. The highest BCUT2D eigenvalue weighted by atomic mass is 35.5. The number of rotatable bonds is 8. The molecule has 0 aliphatic heterocycles. The molecule has 1 aliphatic carbocycles. The minimum absolute atomic E-state index is 0.00731. The van der Waals surface area contributed by atoms with Gasteiger partial charge in [-0.1, -0.05) is 23.4 Å². The number of fused-ring (bicyclic) bond motifs is 1. The Morgan fingerprint density at radius 3 is 3.04 bits per heavy atom. The molecule has 1 aromatic carbocycles. The summed E-state index contributed by atoms with van der Waals surface area (Å²) < 4.78 is 18.2. The first kappa shape index (κ1) is 19.7. The molecule has 1 heterocycles. The van der Waals surface area contributed by atoms with Crippen molar-refractivity contribution in [1.82, 2.24) is 15.8 Å². The zero-order valence-corrected chi connectivity index (χ0v) is 15.6. The second-order valence-electron chi connectivity index (χ2n) is 5.85. The first-order valence-electron chi connectivity index (χ1n) is 8.07. The van der Waals surface area contributed by atoms with Crippen molar-refractivity contribution in [1.29, 1.82) is 0 Å². The third kappa shape index (κ3) is 4.46. The maximum absolute atomic E-state index is 13.5. The molecule has 1 unspecified atom stereocenters. The molecule has 1 aliphatic rings. The fourth-order valence-corrected chi connectivity index (χ4v) is 3.58. The van der Waals surface area contributed by atoms with Gasteiger partial charge < -0.3 is 5.11 Å². The van der Waals surface area contributed by atoms with Gasteiger partial charge in [0.05, 0.1) is 16.8 Å². The zero-order chi connectivity index (χ0) is 19.4. The summed E-state index contributed by atoms with van der Waals surface area (Å²) in [4.78, 5) is 16.1. The number of aliphatic hydroxyl groups is 1. The molecule has 27 heavy (non-hydrogen) atoms. The summed E-state index contributed by atoms with van der Waals surface area (Å²) in [6.45, 7) is -0.0464. The molecule has 1 atom stereocenters. The lowest BCUT2D eigenvalue weighted by molar-refractivity contribution is -0.116. The maximum Gasteiger partial charge on any atom is 0.185 e. The first-order chi connectivity index (χ1) is 13.0. The van der Waals surface area contributed by atoms with Gasteiger partial charge in [0.1, 0.15) is 11.6 Å². The number of carbonyl (C=O) groups is 1. The highest BCUT2D eigenvalue weighted by molar-refractivity contribution is 8.00. The Hall–Kier alpha value is -2.01. The van der Waals surface area contributed by atoms with Gasteiger partial charge >= 0.3 is 0 Å². The molecule has 3 rings (SSSR count). The highest BCUT2D eigenvalue weighted by Crippen LogP contribution is 2.39. The molecule has 8 nitrogen and oxygen atoms in total. The van der Waals surface area contributed by atoms with Crippen LogP contribution in [0.2, 0.25) is 5.02 Å². The number of carbonyl (C=O) groups excluding carboxylic acids is 1. The van der Waals surface area contributed by atoms with E-state index >= 15 is 0 Å². The third-order valence-corrected chi connectivity index (χ3v) is 5.31. The fourth-order valence-electron chi connectivity index (χ4n) is 2.61. The van der Waals surface area contributed by atoms with Gasteiger partial charge in [0, 0.05) is 13.0 Å². The Bertz CT molecular complexity index is 876. The number of hydrogen-bond acceptors (Lipinski definition) is 8. The van der Waals surface area contributed by atoms with Gasteiger partial charge in [0.15, 0.2) is 16.6 Å². The number of benzene rings is 1. The van der Waals surface area contributed by atoms with E-state index in [-0.39, 0.29) is 47.2 Å². The minimum Gasteiger partial charge on any atom is -0.396 e. The van der Waals surface area contributed by atoms with E-state index in [1.807, 2.05) is 5.48 Å². The molecule has 0 amide bonds. The second-order valence-corrected chi connectivity index (χ2v) is 7.22. The minimum atomic E-state index is -0.483. The van der Waals surface area contributed by atoms with E-state index in [2.05, 4.69) is 15.3 Å². The number of thioether (sulfide) groups is 1. The summed E-state index contributed by atoms with van der Waals surface area (Å²) in [5, 5.41) is 26.0. The molecule has 0 fully saturated rings. The van der Waals surface area contributed by atoms with Crippen LogP contribution in [0.15, 0.2) is 26.8 Å². The summed E-state index contributed by atoms with van der Waals surface area (Å²) in [6.07, 6.45) is 1.15. The summed E-state index contributed by atoms with van der Waals surface area (Å²) in [5.41, 5.74) is 3.70. The predicted octanol–water partition coefficient (Wildman–Crippen LogP) is 2.32. The summed E-state index contributed by atoms with van der Waals surface area (Å²) in [5.74, 6) is -0.384. The maximum atomic E-state index is 13.5. The average molecular weight is 415 g/mol. The summed E-state index contributed by atoms with van der Waals surface area (Å²) in [7, 11) is 0. The number of aliphatic imine (C=N–C) groups is 1. The zero-order valence-electron chi connectivity index (χ0n) is 14.0. The number of nitrogens with one attached hydrogen (secondary N) is 1. The number of amidine groups is 1. The standard InChI is InChI=1S/C16H16ClFN4O4S/c17-11-6-10-8(4-12(11)18)5-13(10)19-15(20-25)14-16(22-26-21-14)27-7-9(24)2-1-3-23/h4,6,13,23,25H,1-3,5,7H2,(H,19,20). The van der Waals surface area contributed by atoms with Crippen LogP contribution in [-0.4, -0.2) is 44.6 Å². The molecule has 144 valence electrons. The Balaban J connectivity index is 1.73. The molecule has 1 aromatic heterocycles. The smallest absolute Gasteiger partial charge is 0.185 e. The van der Waals surface area contributed by atoms with E-state index in [0.29, 0.717) is 17.9 Å². The monoisotopic (exact) mass is 414 g/mol.